The zero-order chi connectivity index (χ0) is 18.7. The summed E-state index contributed by atoms with van der Waals surface area (Å²) in [5, 5.41) is 0. The molecule has 2 rings (SSSR count). The topological polar surface area (TPSA) is 65.6 Å². The number of hydrogen-bond acceptors (Lipinski definition) is 5. The number of esters is 1. The summed E-state index contributed by atoms with van der Waals surface area (Å²) in [5.74, 6) is 0.248. The first-order valence-corrected chi connectivity index (χ1v) is 8.96. The van der Waals surface area contributed by atoms with Gasteiger partial charge in [0.2, 0.25) is 0 Å². The Bertz CT molecular complexity index is 630. The summed E-state index contributed by atoms with van der Waals surface area (Å²) in [6, 6.07) is -0.234. The number of rotatable bonds is 6. The predicted molar refractivity (Wildman–Crippen MR) is 98.2 cm³/mol. The van der Waals surface area contributed by atoms with Gasteiger partial charge in [0, 0.05) is 12.2 Å². The van der Waals surface area contributed by atoms with E-state index in [0.717, 1.165) is 19.6 Å². The van der Waals surface area contributed by atoms with E-state index >= 15 is 0 Å². The third-order valence-corrected chi connectivity index (χ3v) is 5.50. The summed E-state index contributed by atoms with van der Waals surface area (Å²) in [5.41, 5.74) is 2.34. The Morgan fingerprint density at radius 1 is 1.32 bits per heavy atom. The first kappa shape index (κ1) is 19.7. The van der Waals surface area contributed by atoms with E-state index in [9.17, 15) is 9.59 Å². The van der Waals surface area contributed by atoms with Gasteiger partial charge in [0.1, 0.15) is 0 Å². The van der Waals surface area contributed by atoms with E-state index < -0.39 is 5.97 Å². The Labute approximate surface area is 150 Å². The van der Waals surface area contributed by atoms with Crippen molar-refractivity contribution < 1.29 is 14.3 Å². The van der Waals surface area contributed by atoms with Gasteiger partial charge >= 0.3 is 5.97 Å². The van der Waals surface area contributed by atoms with E-state index in [-0.39, 0.29) is 11.8 Å². The molecule has 6 heteroatoms. The average molecular weight is 349 g/mol. The molecule has 6 nitrogen and oxygen atoms in total. The zero-order valence-corrected chi connectivity index (χ0v) is 16.3. The van der Waals surface area contributed by atoms with Crippen molar-refractivity contribution in [2.24, 2.45) is 5.92 Å². The highest BCUT2D eigenvalue weighted by atomic mass is 16.5. The van der Waals surface area contributed by atoms with Gasteiger partial charge in [0.15, 0.2) is 5.78 Å². The largest absolute Gasteiger partial charge is 0.465 e. The van der Waals surface area contributed by atoms with E-state index in [1.54, 1.807) is 13.8 Å². The minimum atomic E-state index is -0.405. The Hall–Kier alpha value is -1.66. The van der Waals surface area contributed by atoms with Crippen LogP contribution < -0.4 is 0 Å². The lowest BCUT2D eigenvalue weighted by Gasteiger charge is -2.33. The molecule has 25 heavy (non-hydrogen) atoms. The molecule has 0 bridgehead atoms. The van der Waals surface area contributed by atoms with Crippen molar-refractivity contribution in [2.45, 2.75) is 39.7 Å². The third-order valence-electron chi connectivity index (χ3n) is 5.50. The van der Waals surface area contributed by atoms with Crippen LogP contribution in [0.25, 0.3) is 0 Å². The second kappa shape index (κ2) is 8.15. The van der Waals surface area contributed by atoms with Crippen LogP contribution in [0.1, 0.15) is 51.9 Å². The number of likely N-dealkylation sites (N-methyl/N-ethyl adjacent to an activating group) is 1. The minimum Gasteiger partial charge on any atom is -0.465 e. The van der Waals surface area contributed by atoms with Crippen molar-refractivity contribution in [3.63, 3.8) is 0 Å². The van der Waals surface area contributed by atoms with Crippen LogP contribution in [0.2, 0.25) is 0 Å². The molecule has 0 amide bonds. The molecule has 0 aliphatic carbocycles. The molecule has 1 aromatic rings. The lowest BCUT2D eigenvalue weighted by atomic mass is 9.95. The second-order valence-electron chi connectivity index (χ2n) is 7.34. The molecule has 1 N–H and O–H groups in total. The van der Waals surface area contributed by atoms with Crippen LogP contribution in [-0.2, 0) is 4.74 Å². The number of aryl methyl sites for hydroxylation is 1. The maximum absolute atomic E-state index is 12.9. The molecule has 0 spiro atoms. The Balaban J connectivity index is 2.08. The van der Waals surface area contributed by atoms with Crippen LogP contribution in [0.15, 0.2) is 0 Å². The molecule has 1 aromatic heterocycles. The molecule has 1 aliphatic heterocycles. The number of aromatic nitrogens is 1. The fraction of sp³-hybridized carbons (Fsp3) is 0.684. The quantitative estimate of drug-likeness (QED) is 0.630. The molecule has 0 aromatic carbocycles. The normalized spacial score (nSPS) is 17.7. The van der Waals surface area contributed by atoms with Gasteiger partial charge in [-0.25, -0.2) is 4.79 Å². The second-order valence-corrected chi connectivity index (χ2v) is 7.34. The van der Waals surface area contributed by atoms with Gasteiger partial charge in [-0.3, -0.25) is 9.69 Å². The number of H-pyrrole nitrogens is 1. The van der Waals surface area contributed by atoms with Crippen molar-refractivity contribution in [1.82, 2.24) is 14.8 Å². The van der Waals surface area contributed by atoms with Crippen molar-refractivity contribution >= 4 is 11.8 Å². The third kappa shape index (κ3) is 4.30. The number of hydrogen-bond donors (Lipinski definition) is 1. The molecule has 2 heterocycles. The number of piperidine rings is 1. The molecule has 0 unspecified atom stereocenters. The summed E-state index contributed by atoms with van der Waals surface area (Å²) in [4.78, 5) is 32.4. The van der Waals surface area contributed by atoms with Gasteiger partial charge < -0.3 is 14.6 Å². The van der Waals surface area contributed by atoms with Crippen LogP contribution in [-0.4, -0.2) is 73.4 Å². The molecule has 140 valence electrons. The van der Waals surface area contributed by atoms with Crippen molar-refractivity contribution in [2.75, 3.05) is 40.8 Å². The molecule has 0 radical (unpaired) electrons. The van der Waals surface area contributed by atoms with Crippen LogP contribution in [0.4, 0.5) is 0 Å². The van der Waals surface area contributed by atoms with E-state index in [2.05, 4.69) is 21.8 Å². The van der Waals surface area contributed by atoms with E-state index in [1.807, 2.05) is 14.0 Å². The van der Waals surface area contributed by atoms with Gasteiger partial charge in [-0.15, -0.1) is 0 Å². The number of aromatic amines is 1. The Morgan fingerprint density at radius 2 is 1.92 bits per heavy atom. The first-order chi connectivity index (χ1) is 11.8. The molecule has 1 fully saturated rings. The van der Waals surface area contributed by atoms with Crippen molar-refractivity contribution in [3.05, 3.63) is 22.5 Å². The van der Waals surface area contributed by atoms with Crippen LogP contribution >= 0.6 is 0 Å². The summed E-state index contributed by atoms with van der Waals surface area (Å²) in [6.07, 6.45) is 2.35. The number of ketones is 1. The number of nitrogens with zero attached hydrogens (tertiary/aromatic N) is 2. The lowest BCUT2D eigenvalue weighted by Crippen LogP contribution is -2.42. The van der Waals surface area contributed by atoms with E-state index in [1.165, 1.54) is 20.0 Å². The highest BCUT2D eigenvalue weighted by molar-refractivity contribution is 6.03. The summed E-state index contributed by atoms with van der Waals surface area (Å²) < 4.78 is 4.82. The van der Waals surface area contributed by atoms with Crippen LogP contribution in [0.5, 0.6) is 0 Å². The van der Waals surface area contributed by atoms with Gasteiger partial charge in [0.05, 0.1) is 24.4 Å². The molecule has 1 atom stereocenters. The van der Waals surface area contributed by atoms with E-state index in [0.29, 0.717) is 28.4 Å². The summed E-state index contributed by atoms with van der Waals surface area (Å²) >= 11 is 0. The van der Waals surface area contributed by atoms with Crippen LogP contribution in [0.3, 0.4) is 0 Å². The van der Waals surface area contributed by atoms with Crippen molar-refractivity contribution in [1.29, 1.82) is 0 Å². The zero-order valence-electron chi connectivity index (χ0n) is 16.3. The van der Waals surface area contributed by atoms with Gasteiger partial charge in [-0.2, -0.15) is 0 Å². The number of likely N-dealkylation sites (tertiary alicyclic amines) is 1. The fourth-order valence-electron chi connectivity index (χ4n) is 3.62. The molecule has 1 saturated heterocycles. The molecular formula is C19H31N3O3. The van der Waals surface area contributed by atoms with Gasteiger partial charge in [-0.05, 0) is 72.3 Å². The number of ether oxygens (including phenoxy) is 1. The summed E-state index contributed by atoms with van der Waals surface area (Å²) in [6.45, 7) is 8.69. The first-order valence-electron chi connectivity index (χ1n) is 8.96. The minimum absolute atomic E-state index is 0.0196. The highest BCUT2D eigenvalue weighted by Gasteiger charge is 2.28. The predicted octanol–water partition coefficient (Wildman–Crippen LogP) is 2.26. The average Bonchev–Trinajstić information content (AvgIpc) is 2.89. The maximum Gasteiger partial charge on any atom is 0.339 e. The SMILES string of the molecule is COC(=O)c1c(C)[nH]c(C(=O)[C@H](C)N(C)CC2CCN(C)CC2)c1C. The molecular weight excluding hydrogens is 318 g/mol. The number of carbonyl (C=O) groups excluding carboxylic acids is 2. The highest BCUT2D eigenvalue weighted by Crippen LogP contribution is 2.22. The number of carbonyl (C=O) groups is 2. The monoisotopic (exact) mass is 349 g/mol. The van der Waals surface area contributed by atoms with Gasteiger partial charge in [0.25, 0.3) is 0 Å². The number of Topliss-reactive ketones (excluding diaryl/α,β-unsaturated/α-hetero) is 1. The number of methoxy groups -OCH3 is 1. The maximum atomic E-state index is 12.9. The Kier molecular flexibility index (Phi) is 6.41. The standard InChI is InChI=1S/C19H31N3O3/c1-12-16(19(24)25-6)13(2)20-17(12)18(23)14(3)22(5)11-15-7-9-21(4)10-8-15/h14-15,20H,7-11H2,1-6H3/t14-/m0/s1. The fourth-order valence-corrected chi connectivity index (χ4v) is 3.62. The number of nitrogens with one attached hydrogen (secondary N) is 1. The lowest BCUT2D eigenvalue weighted by molar-refractivity contribution is 0.0599. The van der Waals surface area contributed by atoms with Gasteiger partial charge in [-0.1, -0.05) is 0 Å². The van der Waals surface area contributed by atoms with Crippen molar-refractivity contribution in [3.8, 4) is 0 Å². The molecule has 0 saturated carbocycles. The van der Waals surface area contributed by atoms with E-state index in [4.69, 9.17) is 4.74 Å². The molecule has 1 aliphatic rings. The smallest absolute Gasteiger partial charge is 0.339 e. The Morgan fingerprint density at radius 3 is 2.48 bits per heavy atom. The summed E-state index contributed by atoms with van der Waals surface area (Å²) in [7, 11) is 5.52. The van der Waals surface area contributed by atoms with Crippen LogP contribution in [0, 0.1) is 19.8 Å².